The van der Waals surface area contributed by atoms with E-state index in [9.17, 15) is 23.2 Å². The van der Waals surface area contributed by atoms with E-state index < -0.39 is 11.7 Å². The minimum atomic E-state index is -4.66. The molecule has 0 radical (unpaired) electrons. The van der Waals surface area contributed by atoms with Gasteiger partial charge in [-0.2, -0.15) is 18.4 Å². The molecule has 1 amide bonds. The second-order valence-corrected chi connectivity index (χ2v) is 6.56. The van der Waals surface area contributed by atoms with Crippen LogP contribution in [-0.2, 0) is 11.0 Å². The number of anilines is 2. The Labute approximate surface area is 170 Å². The van der Waals surface area contributed by atoms with Gasteiger partial charge in [-0.25, -0.2) is 4.98 Å². The fourth-order valence-corrected chi connectivity index (χ4v) is 2.95. The Kier molecular flexibility index (Phi) is 5.71. The molecule has 2 N–H and O–H groups in total. The Bertz CT molecular complexity index is 1020. The van der Waals surface area contributed by atoms with Gasteiger partial charge in [0, 0.05) is 26.6 Å². The average Bonchev–Trinajstić information content (AvgIpc) is 2.98. The molecule has 1 aromatic carbocycles. The lowest BCUT2D eigenvalue weighted by molar-refractivity contribution is -0.139. The van der Waals surface area contributed by atoms with E-state index in [2.05, 4.69) is 15.7 Å². The van der Waals surface area contributed by atoms with Crippen molar-refractivity contribution in [2.75, 3.05) is 37.7 Å². The number of hydrogen-bond acceptors (Lipinski definition) is 7. The van der Waals surface area contributed by atoms with Crippen LogP contribution in [-0.4, -0.2) is 43.3 Å². The second-order valence-electron chi connectivity index (χ2n) is 6.56. The zero-order valence-electron chi connectivity index (χ0n) is 16.5. The lowest BCUT2D eigenvalue weighted by atomic mass is 10.0. The molecule has 1 aliphatic rings. The predicted octanol–water partition coefficient (Wildman–Crippen LogP) is 2.78. The highest BCUT2D eigenvalue weighted by atomic mass is 19.4. The molecule has 1 aromatic heterocycles. The zero-order valence-corrected chi connectivity index (χ0v) is 16.5. The van der Waals surface area contributed by atoms with Crippen molar-refractivity contribution < 1.29 is 22.7 Å². The third-order valence-electron chi connectivity index (χ3n) is 4.49. The number of carbonyl (C=O) groups is 1. The number of nitrogens with one attached hydrogen (secondary N) is 2. The number of alkyl halides is 3. The topological polar surface area (TPSA) is 93.5 Å². The highest BCUT2D eigenvalue weighted by Gasteiger charge is 2.35. The maximum absolute atomic E-state index is 13.6. The molecule has 0 spiro atoms. The number of fused-ring (bicyclic) bond motifs is 1. The van der Waals surface area contributed by atoms with Crippen molar-refractivity contribution in [1.29, 1.82) is 5.26 Å². The molecule has 0 atom stereocenters. The maximum Gasteiger partial charge on any atom is 0.419 e. The number of ether oxygens (including phenoxy) is 1. The number of hydrazine groups is 2. The largest absolute Gasteiger partial charge is 0.491 e. The third-order valence-corrected chi connectivity index (χ3v) is 4.49. The van der Waals surface area contributed by atoms with Gasteiger partial charge in [0.25, 0.3) is 0 Å². The van der Waals surface area contributed by atoms with Gasteiger partial charge in [0.2, 0.25) is 5.91 Å². The fourth-order valence-electron chi connectivity index (χ4n) is 2.95. The normalized spacial score (nSPS) is 13.4. The van der Waals surface area contributed by atoms with Gasteiger partial charge in [-0.15, -0.1) is 5.12 Å². The van der Waals surface area contributed by atoms with Crippen molar-refractivity contribution in [1.82, 2.24) is 15.4 Å². The van der Waals surface area contributed by atoms with Crippen molar-refractivity contribution in [3.63, 3.8) is 0 Å². The summed E-state index contributed by atoms with van der Waals surface area (Å²) in [7, 11) is 3.48. The van der Waals surface area contributed by atoms with Gasteiger partial charge in [0.15, 0.2) is 5.69 Å². The Morgan fingerprint density at radius 1 is 1.33 bits per heavy atom. The highest BCUT2D eigenvalue weighted by molar-refractivity contribution is 5.81. The summed E-state index contributed by atoms with van der Waals surface area (Å²) < 4.78 is 46.1. The van der Waals surface area contributed by atoms with Crippen LogP contribution in [0.4, 0.5) is 24.5 Å². The Morgan fingerprint density at radius 3 is 2.70 bits per heavy atom. The number of benzene rings is 1. The standard InChI is InChI=1S/C19H19F3N6O2/c1-11(29)24-6-7-30-17-5-4-12(8-13(17)19(20,21)22)14-9-16-18(15(10-23)25-14)26-28(3)27(16)2/h4-5,8-9,26H,6-7H2,1-3H3,(H,24,29). The SMILES string of the molecule is CC(=O)NCCOc1ccc(-c2cc3c(c(C#N)n2)NN(C)N3C)cc1C(F)(F)F. The third kappa shape index (κ3) is 4.23. The van der Waals surface area contributed by atoms with Crippen LogP contribution in [0.25, 0.3) is 11.3 Å². The van der Waals surface area contributed by atoms with Crippen LogP contribution >= 0.6 is 0 Å². The summed E-state index contributed by atoms with van der Waals surface area (Å²) in [5.74, 6) is -0.650. The van der Waals surface area contributed by atoms with E-state index in [0.29, 0.717) is 11.4 Å². The average molecular weight is 420 g/mol. The summed E-state index contributed by atoms with van der Waals surface area (Å²) in [6.07, 6.45) is -4.66. The van der Waals surface area contributed by atoms with E-state index in [0.717, 1.165) is 6.07 Å². The first kappa shape index (κ1) is 21.2. The lowest BCUT2D eigenvalue weighted by Gasteiger charge is -2.20. The van der Waals surface area contributed by atoms with Crippen molar-refractivity contribution in [3.8, 4) is 23.1 Å². The predicted molar refractivity (Wildman–Crippen MR) is 103 cm³/mol. The highest BCUT2D eigenvalue weighted by Crippen LogP contribution is 2.41. The number of amides is 1. The monoisotopic (exact) mass is 420 g/mol. The number of halogens is 3. The fraction of sp³-hybridized carbons (Fsp3) is 0.316. The first-order valence-corrected chi connectivity index (χ1v) is 8.90. The molecule has 0 fully saturated rings. The summed E-state index contributed by atoms with van der Waals surface area (Å²) in [6.45, 7) is 1.28. The maximum atomic E-state index is 13.6. The van der Waals surface area contributed by atoms with Gasteiger partial charge in [-0.3, -0.25) is 15.2 Å². The van der Waals surface area contributed by atoms with Gasteiger partial charge in [-0.05, 0) is 24.3 Å². The van der Waals surface area contributed by atoms with E-state index in [1.165, 1.54) is 19.1 Å². The summed E-state index contributed by atoms with van der Waals surface area (Å²) in [6, 6.07) is 7.18. The number of aromatic nitrogens is 1. The molecule has 158 valence electrons. The number of rotatable bonds is 5. The quantitative estimate of drug-likeness (QED) is 0.719. The van der Waals surface area contributed by atoms with Crippen LogP contribution in [0.5, 0.6) is 5.75 Å². The molecule has 1 aliphatic heterocycles. The molecule has 2 aromatic rings. The molecule has 0 saturated carbocycles. The van der Waals surface area contributed by atoms with Gasteiger partial charge in [0.05, 0.1) is 23.5 Å². The number of carbonyl (C=O) groups excluding carboxylic acids is 1. The molecule has 0 unspecified atom stereocenters. The molecule has 30 heavy (non-hydrogen) atoms. The minimum absolute atomic E-state index is 0.0721. The molecule has 0 saturated heterocycles. The van der Waals surface area contributed by atoms with Gasteiger partial charge in [-0.1, -0.05) is 0 Å². The van der Waals surface area contributed by atoms with Crippen LogP contribution < -0.4 is 20.5 Å². The van der Waals surface area contributed by atoms with Crippen molar-refractivity contribution >= 4 is 17.3 Å². The van der Waals surface area contributed by atoms with Gasteiger partial charge in [0.1, 0.15) is 24.1 Å². The van der Waals surface area contributed by atoms with E-state index in [4.69, 9.17) is 4.74 Å². The van der Waals surface area contributed by atoms with Crippen LogP contribution in [0.2, 0.25) is 0 Å². The van der Waals surface area contributed by atoms with Crippen LogP contribution in [0.15, 0.2) is 24.3 Å². The number of pyridine rings is 1. The summed E-state index contributed by atoms with van der Waals surface area (Å²) in [5.41, 5.74) is 3.60. The molecular weight excluding hydrogens is 401 g/mol. The molecule has 11 heteroatoms. The van der Waals surface area contributed by atoms with Crippen LogP contribution in [0.1, 0.15) is 18.2 Å². The van der Waals surface area contributed by atoms with Crippen molar-refractivity contribution in [3.05, 3.63) is 35.5 Å². The Morgan fingerprint density at radius 2 is 2.07 bits per heavy atom. The van der Waals surface area contributed by atoms with E-state index >= 15 is 0 Å². The van der Waals surface area contributed by atoms with Crippen molar-refractivity contribution in [2.45, 2.75) is 13.1 Å². The smallest absolute Gasteiger partial charge is 0.419 e. The molecule has 3 rings (SSSR count). The molecule has 0 aliphatic carbocycles. The first-order chi connectivity index (χ1) is 14.1. The molecule has 8 nitrogen and oxygen atoms in total. The van der Waals surface area contributed by atoms with Crippen molar-refractivity contribution in [2.24, 2.45) is 0 Å². The first-order valence-electron chi connectivity index (χ1n) is 8.90. The van der Waals surface area contributed by atoms with E-state index in [-0.39, 0.29) is 41.8 Å². The number of hydrogen-bond donors (Lipinski definition) is 2. The zero-order chi connectivity index (χ0) is 22.1. The lowest BCUT2D eigenvalue weighted by Crippen LogP contribution is -2.34. The molecular formula is C19H19F3N6O2. The summed E-state index contributed by atoms with van der Waals surface area (Å²) >= 11 is 0. The minimum Gasteiger partial charge on any atom is -0.491 e. The van der Waals surface area contributed by atoms with Gasteiger partial charge < -0.3 is 10.1 Å². The summed E-state index contributed by atoms with van der Waals surface area (Å²) in [4.78, 5) is 15.1. The number of nitrogens with zero attached hydrogens (tertiary/aromatic N) is 4. The van der Waals surface area contributed by atoms with E-state index in [1.807, 2.05) is 6.07 Å². The molecule has 0 bridgehead atoms. The Balaban J connectivity index is 1.98. The summed E-state index contributed by atoms with van der Waals surface area (Å²) in [5, 5.41) is 15.2. The van der Waals surface area contributed by atoms with E-state index in [1.54, 1.807) is 30.3 Å². The van der Waals surface area contributed by atoms with Gasteiger partial charge >= 0.3 is 6.18 Å². The Hall–Kier alpha value is -3.52. The number of nitriles is 1. The molecule has 2 heterocycles. The van der Waals surface area contributed by atoms with Crippen LogP contribution in [0.3, 0.4) is 0 Å². The second kappa shape index (κ2) is 8.08. The van der Waals surface area contributed by atoms with Crippen LogP contribution in [0, 0.1) is 11.3 Å².